The van der Waals surface area contributed by atoms with Crippen molar-refractivity contribution < 1.29 is 14.3 Å². The maximum absolute atomic E-state index is 12.0. The van der Waals surface area contributed by atoms with E-state index in [-0.39, 0.29) is 0 Å². The Labute approximate surface area is 190 Å². The molecule has 0 saturated heterocycles. The van der Waals surface area contributed by atoms with E-state index in [0.29, 0.717) is 23.8 Å². The van der Waals surface area contributed by atoms with Gasteiger partial charge in [-0.2, -0.15) is 5.10 Å². The molecular weight excluding hydrogens is 458 g/mol. The summed E-state index contributed by atoms with van der Waals surface area (Å²) in [6, 6.07) is 18.7. The molecule has 0 aliphatic rings. The number of amides is 2. The van der Waals surface area contributed by atoms with E-state index in [4.69, 9.17) is 9.47 Å². The number of halogens is 1. The molecule has 0 atom stereocenters. The molecule has 0 aliphatic heterocycles. The number of anilines is 1. The third-order valence-electron chi connectivity index (χ3n) is 4.46. The molecule has 0 heterocycles. The van der Waals surface area contributed by atoms with E-state index in [9.17, 15) is 4.79 Å². The van der Waals surface area contributed by atoms with Gasteiger partial charge >= 0.3 is 6.03 Å². The van der Waals surface area contributed by atoms with Crippen LogP contribution >= 0.6 is 15.9 Å². The number of ether oxygens (including phenoxy) is 2. The molecule has 0 saturated carbocycles. The lowest BCUT2D eigenvalue weighted by Gasteiger charge is -2.11. The predicted octanol–water partition coefficient (Wildman–Crippen LogP) is 5.81. The van der Waals surface area contributed by atoms with Crippen LogP contribution in [0.5, 0.6) is 11.5 Å². The fourth-order valence-corrected chi connectivity index (χ4v) is 3.14. The van der Waals surface area contributed by atoms with Crippen LogP contribution in [0.2, 0.25) is 0 Å². The lowest BCUT2D eigenvalue weighted by atomic mass is 10.1. The number of rotatable bonds is 7. The summed E-state index contributed by atoms with van der Waals surface area (Å²) in [7, 11) is 1.58. The monoisotopic (exact) mass is 481 g/mol. The first kappa shape index (κ1) is 22.4. The summed E-state index contributed by atoms with van der Waals surface area (Å²) < 4.78 is 12.3. The van der Waals surface area contributed by atoms with Gasteiger partial charge in [0.05, 0.1) is 13.3 Å². The molecule has 0 spiro atoms. The van der Waals surface area contributed by atoms with Crippen molar-refractivity contribution >= 4 is 33.9 Å². The second kappa shape index (κ2) is 10.6. The van der Waals surface area contributed by atoms with Crippen LogP contribution in [0.4, 0.5) is 10.5 Å². The van der Waals surface area contributed by atoms with Crippen molar-refractivity contribution in [3.63, 3.8) is 0 Å². The molecule has 0 unspecified atom stereocenters. The average molecular weight is 482 g/mol. The summed E-state index contributed by atoms with van der Waals surface area (Å²) in [6.07, 6.45) is 1.54. The summed E-state index contributed by atoms with van der Waals surface area (Å²) in [6.45, 7) is 4.45. The number of methoxy groups -OCH3 is 1. The SMILES string of the molecule is COc1cc(/C=N/NC(=O)Nc2ccc(Br)c(C)c2)ccc1OCc1cccc(C)c1. The number of aryl methyl sites for hydroxylation is 2. The van der Waals surface area contributed by atoms with Crippen LogP contribution in [0.3, 0.4) is 0 Å². The number of hydrazone groups is 1. The van der Waals surface area contributed by atoms with Crippen molar-refractivity contribution in [2.45, 2.75) is 20.5 Å². The van der Waals surface area contributed by atoms with Crippen molar-refractivity contribution in [3.05, 3.63) is 87.4 Å². The first-order chi connectivity index (χ1) is 14.9. The summed E-state index contributed by atoms with van der Waals surface area (Å²) in [4.78, 5) is 12.0. The molecule has 7 heteroatoms. The Balaban J connectivity index is 1.57. The van der Waals surface area contributed by atoms with Crippen LogP contribution in [0.25, 0.3) is 0 Å². The molecule has 2 amide bonds. The van der Waals surface area contributed by atoms with E-state index in [1.807, 2.05) is 56.3 Å². The number of urea groups is 1. The van der Waals surface area contributed by atoms with Crippen molar-refractivity contribution in [1.29, 1.82) is 0 Å². The number of carbonyl (C=O) groups excluding carboxylic acids is 1. The van der Waals surface area contributed by atoms with Gasteiger partial charge in [0, 0.05) is 10.2 Å². The summed E-state index contributed by atoms with van der Waals surface area (Å²) in [5.74, 6) is 1.23. The number of carbonyl (C=O) groups is 1. The Morgan fingerprint density at radius 2 is 1.90 bits per heavy atom. The zero-order valence-electron chi connectivity index (χ0n) is 17.6. The molecule has 31 heavy (non-hydrogen) atoms. The van der Waals surface area contributed by atoms with Gasteiger partial charge in [-0.25, -0.2) is 10.2 Å². The Morgan fingerprint density at radius 3 is 2.65 bits per heavy atom. The lowest BCUT2D eigenvalue weighted by Crippen LogP contribution is -2.24. The highest BCUT2D eigenvalue weighted by Gasteiger charge is 2.06. The minimum Gasteiger partial charge on any atom is -0.493 e. The quantitative estimate of drug-likeness (QED) is 0.330. The lowest BCUT2D eigenvalue weighted by molar-refractivity contribution is 0.252. The number of hydrogen-bond donors (Lipinski definition) is 2. The van der Waals surface area contributed by atoms with Gasteiger partial charge in [0.15, 0.2) is 11.5 Å². The van der Waals surface area contributed by atoms with E-state index < -0.39 is 6.03 Å². The molecule has 160 valence electrons. The average Bonchev–Trinajstić information content (AvgIpc) is 2.75. The maximum atomic E-state index is 12.0. The highest BCUT2D eigenvalue weighted by atomic mass is 79.9. The minimum absolute atomic E-state index is 0.428. The summed E-state index contributed by atoms with van der Waals surface area (Å²) >= 11 is 3.43. The molecule has 3 rings (SSSR count). The van der Waals surface area contributed by atoms with E-state index in [0.717, 1.165) is 21.2 Å². The van der Waals surface area contributed by atoms with E-state index in [1.54, 1.807) is 25.5 Å². The van der Waals surface area contributed by atoms with Crippen LogP contribution in [0.1, 0.15) is 22.3 Å². The highest BCUT2D eigenvalue weighted by Crippen LogP contribution is 2.28. The van der Waals surface area contributed by atoms with Gasteiger partial charge in [-0.1, -0.05) is 45.8 Å². The maximum Gasteiger partial charge on any atom is 0.339 e. The fourth-order valence-electron chi connectivity index (χ4n) is 2.89. The third-order valence-corrected chi connectivity index (χ3v) is 5.35. The third kappa shape index (κ3) is 6.58. The standard InChI is InChI=1S/C24H24BrN3O3/c1-16-5-4-6-19(11-16)15-31-22-10-7-18(13-23(22)30-3)14-26-28-24(29)27-20-8-9-21(25)17(2)12-20/h4-14H,15H2,1-3H3,(H2,27,28,29)/b26-14+. The molecule has 0 aromatic heterocycles. The van der Waals surface area contributed by atoms with Gasteiger partial charge in [-0.05, 0) is 66.9 Å². The number of nitrogens with one attached hydrogen (secondary N) is 2. The molecule has 0 radical (unpaired) electrons. The molecule has 0 aliphatic carbocycles. The van der Waals surface area contributed by atoms with Crippen LogP contribution in [0, 0.1) is 13.8 Å². The van der Waals surface area contributed by atoms with Gasteiger partial charge in [0.25, 0.3) is 0 Å². The second-order valence-corrected chi connectivity index (χ2v) is 7.83. The molecule has 6 nitrogen and oxygen atoms in total. The van der Waals surface area contributed by atoms with Crippen molar-refractivity contribution in [3.8, 4) is 11.5 Å². The van der Waals surface area contributed by atoms with Crippen LogP contribution in [-0.4, -0.2) is 19.4 Å². The summed E-state index contributed by atoms with van der Waals surface area (Å²) in [5, 5.41) is 6.73. The Morgan fingerprint density at radius 1 is 1.06 bits per heavy atom. The Bertz CT molecular complexity index is 1100. The summed E-state index contributed by atoms with van der Waals surface area (Å²) in [5.41, 5.74) is 7.20. The molecule has 3 aromatic rings. The normalized spacial score (nSPS) is 10.7. The Hall–Kier alpha value is -3.32. The van der Waals surface area contributed by atoms with Crippen molar-refractivity contribution in [1.82, 2.24) is 5.43 Å². The number of benzene rings is 3. The largest absolute Gasteiger partial charge is 0.493 e. The molecular formula is C24H24BrN3O3. The molecule has 3 aromatic carbocycles. The molecule has 0 bridgehead atoms. The molecule has 2 N–H and O–H groups in total. The molecule has 0 fully saturated rings. The smallest absolute Gasteiger partial charge is 0.339 e. The zero-order chi connectivity index (χ0) is 22.2. The van der Waals surface area contributed by atoms with Crippen LogP contribution < -0.4 is 20.2 Å². The second-order valence-electron chi connectivity index (χ2n) is 6.98. The van der Waals surface area contributed by atoms with Gasteiger partial charge in [0.1, 0.15) is 6.61 Å². The number of nitrogens with zero attached hydrogens (tertiary/aromatic N) is 1. The topological polar surface area (TPSA) is 72.0 Å². The predicted molar refractivity (Wildman–Crippen MR) is 127 cm³/mol. The fraction of sp³-hybridized carbons (Fsp3) is 0.167. The van der Waals surface area contributed by atoms with Crippen LogP contribution in [-0.2, 0) is 6.61 Å². The van der Waals surface area contributed by atoms with E-state index in [2.05, 4.69) is 37.8 Å². The zero-order valence-corrected chi connectivity index (χ0v) is 19.2. The van der Waals surface area contributed by atoms with Crippen molar-refractivity contribution in [2.24, 2.45) is 5.10 Å². The van der Waals surface area contributed by atoms with Gasteiger partial charge < -0.3 is 14.8 Å². The van der Waals surface area contributed by atoms with Crippen LogP contribution in [0.15, 0.2) is 70.2 Å². The highest BCUT2D eigenvalue weighted by molar-refractivity contribution is 9.10. The van der Waals surface area contributed by atoms with Gasteiger partial charge in [-0.15, -0.1) is 0 Å². The number of hydrogen-bond acceptors (Lipinski definition) is 4. The first-order valence-electron chi connectivity index (χ1n) is 9.67. The Kier molecular flexibility index (Phi) is 7.67. The van der Waals surface area contributed by atoms with Crippen molar-refractivity contribution in [2.75, 3.05) is 12.4 Å². The van der Waals surface area contributed by atoms with Gasteiger partial charge in [0.2, 0.25) is 0 Å². The van der Waals surface area contributed by atoms with E-state index >= 15 is 0 Å². The van der Waals surface area contributed by atoms with E-state index in [1.165, 1.54) is 5.56 Å². The first-order valence-corrected chi connectivity index (χ1v) is 10.5. The minimum atomic E-state index is -0.428. The van der Waals surface area contributed by atoms with Gasteiger partial charge in [-0.3, -0.25) is 0 Å².